The number of rotatable bonds is 23. The Labute approximate surface area is 473 Å². The molecule has 0 saturated carbocycles. The number of benzene rings is 2. The first kappa shape index (κ1) is 60.2. The van der Waals surface area contributed by atoms with E-state index in [1.54, 1.807) is 37.6 Å². The quantitative estimate of drug-likeness (QED) is 0.0248. The van der Waals surface area contributed by atoms with Gasteiger partial charge in [-0.05, 0) is 42.7 Å². The lowest BCUT2D eigenvalue weighted by Crippen LogP contribution is -2.38. The molecule has 444 valence electrons. The van der Waals surface area contributed by atoms with Gasteiger partial charge in [0.2, 0.25) is 5.95 Å². The average Bonchev–Trinajstić information content (AvgIpc) is 2.72. The van der Waals surface area contributed by atoms with Gasteiger partial charge in [-0.2, -0.15) is 9.29 Å². The number of phosphoric ester groups is 2. The van der Waals surface area contributed by atoms with Gasteiger partial charge in [0.25, 0.3) is 11.1 Å². The standard InChI is InChI=1S/C42H47ClN14O21P4S/c1-45-32-25-35(47-16-46-32)56(17-48-25)40-31(70-2)30(76-80(64,65)72-14-23-28(58)29(59)39(74-23)57-18-49-26-36(57)52-41(44)53-37(26)60)24(75-40)15-73-81(66,67)78-82(68,69)77-79(62,63)22-10-4-19(5-11-22)34-50-33-27(38(61)54-42(51-33)83-3)55(34)12-13-71-21-8-6-20(43)7-9-21/h4-11,16-18,23-24,28-31,39-40,58-59H,12-15H2,1-3H3,(H,62,63)(H,64,65)(H,66,67)(H,68,69)(H,45,46,47)(H,51,54,61)(H3,44,52,53,60). The third-order valence-corrected chi connectivity index (χ3v) is 19.2. The van der Waals surface area contributed by atoms with Crippen LogP contribution in [-0.4, -0.2) is 165 Å². The van der Waals surface area contributed by atoms with Crippen LogP contribution >= 0.6 is 54.4 Å². The molecule has 12 atom stereocenters. The van der Waals surface area contributed by atoms with Crippen LogP contribution in [0, 0.1) is 0 Å². The molecule has 11 N–H and O–H groups in total. The molecular formula is C42H47ClN14O21P4S. The smallest absolute Gasteiger partial charge is 0.488 e. The number of nitrogen functional groups attached to an aromatic ring is 1. The molecule has 0 aliphatic carbocycles. The highest BCUT2D eigenvalue weighted by atomic mass is 35.5. The monoisotopic (exact) mass is 1270 g/mol. The van der Waals surface area contributed by atoms with E-state index in [0.29, 0.717) is 10.8 Å². The normalized spacial score (nSPS) is 24.0. The van der Waals surface area contributed by atoms with Crippen molar-refractivity contribution in [2.24, 2.45) is 0 Å². The van der Waals surface area contributed by atoms with Crippen molar-refractivity contribution >= 4 is 105 Å². The molecule has 0 amide bonds. The van der Waals surface area contributed by atoms with Crippen LogP contribution in [0.15, 0.2) is 82.3 Å². The lowest BCUT2D eigenvalue weighted by Gasteiger charge is -2.26. The predicted octanol–water partition coefficient (Wildman–Crippen LogP) is 1.93. The number of phosphoric acid groups is 3. The molecule has 8 aromatic rings. The number of hydrogen-bond donors (Lipinski definition) is 10. The lowest BCUT2D eigenvalue weighted by molar-refractivity contribution is -0.0581. The molecular weight excluding hydrogens is 1230 g/mol. The van der Waals surface area contributed by atoms with Crippen LogP contribution in [0.2, 0.25) is 5.02 Å². The van der Waals surface area contributed by atoms with Crippen LogP contribution in [0.1, 0.15) is 12.5 Å². The Kier molecular flexibility index (Phi) is 17.3. The zero-order valence-electron chi connectivity index (χ0n) is 42.7. The van der Waals surface area contributed by atoms with Crippen molar-refractivity contribution in [2.75, 3.05) is 51.3 Å². The van der Waals surface area contributed by atoms with Crippen LogP contribution in [0.3, 0.4) is 0 Å². The first-order valence-electron chi connectivity index (χ1n) is 23.9. The van der Waals surface area contributed by atoms with Gasteiger partial charge < -0.3 is 64.4 Å². The summed E-state index contributed by atoms with van der Waals surface area (Å²) in [4.78, 5) is 104. The molecule has 83 heavy (non-hydrogen) atoms. The topological polar surface area (TPSA) is 482 Å². The highest BCUT2D eigenvalue weighted by molar-refractivity contribution is 7.98. The Bertz CT molecular complexity index is 4050. The van der Waals surface area contributed by atoms with E-state index in [0.717, 1.165) is 41.9 Å². The second-order valence-electron chi connectivity index (χ2n) is 17.8. The fraction of sp³-hybridized carbons (Fsp3) is 0.357. The molecule has 8 heterocycles. The molecule has 2 fully saturated rings. The number of aromatic amines is 2. The summed E-state index contributed by atoms with van der Waals surface area (Å²) in [6.45, 7) is -2.07. The van der Waals surface area contributed by atoms with E-state index < -0.39 is 110 Å². The van der Waals surface area contributed by atoms with Crippen molar-refractivity contribution in [3.8, 4) is 17.1 Å². The van der Waals surface area contributed by atoms with Crippen molar-refractivity contribution in [2.45, 2.75) is 60.8 Å². The molecule has 0 radical (unpaired) electrons. The molecule has 35 nitrogen and oxygen atoms in total. The first-order chi connectivity index (χ1) is 39.4. The maximum atomic E-state index is 13.8. The summed E-state index contributed by atoms with van der Waals surface area (Å²) in [6.07, 6.45) is -7.97. The van der Waals surface area contributed by atoms with E-state index >= 15 is 0 Å². The number of nitrogens with zero attached hydrogens (tertiary/aromatic N) is 10. The number of hydrogen-bond acceptors (Lipinski definition) is 27. The summed E-state index contributed by atoms with van der Waals surface area (Å²) < 4.78 is 106. The summed E-state index contributed by atoms with van der Waals surface area (Å²) in [7, 11) is -20.2. The lowest BCUT2D eigenvalue weighted by atomic mass is 10.1. The number of halogens is 1. The molecule has 2 aliphatic heterocycles. The number of methoxy groups -OCH3 is 1. The van der Waals surface area contributed by atoms with E-state index in [4.69, 9.17) is 49.9 Å². The van der Waals surface area contributed by atoms with E-state index in [2.05, 4.69) is 58.8 Å². The Hall–Kier alpha value is -5.91. The minimum absolute atomic E-state index is 0.0330. The number of aromatic nitrogens is 12. The molecule has 2 aromatic carbocycles. The van der Waals surface area contributed by atoms with Gasteiger partial charge in [-0.3, -0.25) is 46.8 Å². The van der Waals surface area contributed by atoms with Gasteiger partial charge >= 0.3 is 31.1 Å². The summed E-state index contributed by atoms with van der Waals surface area (Å²) in [5.74, 6) is 0.614. The Morgan fingerprint density at radius 2 is 1.45 bits per heavy atom. The minimum atomic E-state index is -6.08. The molecule has 10 rings (SSSR count). The first-order valence-corrected chi connectivity index (χ1v) is 31.6. The number of ether oxygens (including phenoxy) is 4. The van der Waals surface area contributed by atoms with Crippen LogP contribution < -0.4 is 32.2 Å². The zero-order chi connectivity index (χ0) is 59.3. The zero-order valence-corrected chi connectivity index (χ0v) is 47.9. The van der Waals surface area contributed by atoms with Crippen molar-refractivity contribution in [1.82, 2.24) is 58.6 Å². The number of nitrogens with one attached hydrogen (secondary N) is 3. The number of aliphatic hydroxyl groups excluding tert-OH is 2. The van der Waals surface area contributed by atoms with Crippen LogP contribution in [0.4, 0.5) is 11.8 Å². The average molecular weight is 1280 g/mol. The number of anilines is 2. The maximum Gasteiger partial charge on any atom is 0.488 e. The summed E-state index contributed by atoms with van der Waals surface area (Å²) in [5, 5.41) is 24.8. The van der Waals surface area contributed by atoms with Gasteiger partial charge in [0.1, 0.15) is 66.6 Å². The van der Waals surface area contributed by atoms with Gasteiger partial charge in [-0.15, -0.1) is 0 Å². The van der Waals surface area contributed by atoms with Gasteiger partial charge in [0.05, 0.1) is 37.7 Å². The van der Waals surface area contributed by atoms with Crippen molar-refractivity contribution in [3.63, 3.8) is 0 Å². The second kappa shape index (κ2) is 23.9. The van der Waals surface area contributed by atoms with E-state index in [9.17, 15) is 57.6 Å². The largest absolute Gasteiger partial charge is 0.492 e. The fourth-order valence-electron chi connectivity index (χ4n) is 8.91. The molecule has 2 aliphatic rings. The third-order valence-electron chi connectivity index (χ3n) is 12.6. The number of imidazole rings is 3. The summed E-state index contributed by atoms with van der Waals surface area (Å²) >= 11 is 7.16. The minimum Gasteiger partial charge on any atom is -0.492 e. The fourth-order valence-corrected chi connectivity index (χ4v) is 14.3. The second-order valence-corrected chi connectivity index (χ2v) is 25.5. The predicted molar refractivity (Wildman–Crippen MR) is 288 cm³/mol. The van der Waals surface area contributed by atoms with E-state index in [-0.39, 0.29) is 75.0 Å². The van der Waals surface area contributed by atoms with E-state index in [1.807, 2.05) is 0 Å². The Morgan fingerprint density at radius 3 is 2.14 bits per heavy atom. The molecule has 12 unspecified atom stereocenters. The number of H-pyrrole nitrogens is 2. The molecule has 0 bridgehead atoms. The number of nitrogens with two attached hydrogens (primary N) is 1. The SMILES string of the molecule is CNc1ncnc2c1ncn2C1OC(COP(=O)(O)OP(=O)(O)OP(=O)(O)c2ccc(-c3nc4nc(SC)[nH]c(=O)c4n3CCOc3ccc(Cl)cc3)cc2)C(OP(=O)(O)OCC2OC(n3cnc4c(=O)[nH]c(N)nc43)C(O)C2O)C1OC. The van der Waals surface area contributed by atoms with Crippen LogP contribution in [0.25, 0.3) is 44.9 Å². The molecule has 41 heteroatoms. The van der Waals surface area contributed by atoms with E-state index in [1.165, 1.54) is 33.9 Å². The van der Waals surface area contributed by atoms with Crippen molar-refractivity contribution < 1.29 is 89.2 Å². The molecule has 0 spiro atoms. The van der Waals surface area contributed by atoms with Gasteiger partial charge in [0.15, 0.2) is 51.4 Å². The highest BCUT2D eigenvalue weighted by Gasteiger charge is 2.53. The number of fused-ring (bicyclic) bond motifs is 3. The number of thioether (sulfide) groups is 1. The Balaban J connectivity index is 0.836. The summed E-state index contributed by atoms with van der Waals surface area (Å²) in [5.41, 5.74) is 4.86. The van der Waals surface area contributed by atoms with Gasteiger partial charge in [0, 0.05) is 24.7 Å². The maximum absolute atomic E-state index is 13.8. The molecule has 6 aromatic heterocycles. The van der Waals surface area contributed by atoms with Crippen molar-refractivity contribution in [1.29, 1.82) is 0 Å². The van der Waals surface area contributed by atoms with Gasteiger partial charge in [-0.1, -0.05) is 35.5 Å². The van der Waals surface area contributed by atoms with Crippen molar-refractivity contribution in [3.05, 3.63) is 93.2 Å². The Morgan fingerprint density at radius 1 is 0.771 bits per heavy atom. The van der Waals surface area contributed by atoms with Crippen LogP contribution in [0.5, 0.6) is 5.75 Å². The summed E-state index contributed by atoms with van der Waals surface area (Å²) in [6, 6.07) is 11.2. The van der Waals surface area contributed by atoms with Gasteiger partial charge in [-0.25, -0.2) is 47.9 Å². The third kappa shape index (κ3) is 12.7. The highest BCUT2D eigenvalue weighted by Crippen LogP contribution is 2.67. The number of aliphatic hydroxyl groups is 2. The molecule has 2 saturated heterocycles. The van der Waals surface area contributed by atoms with Crippen LogP contribution in [-0.2, 0) is 61.2 Å².